The summed E-state index contributed by atoms with van der Waals surface area (Å²) < 4.78 is 1.83. The van der Waals surface area contributed by atoms with Gasteiger partial charge in [0.25, 0.3) is 0 Å². The molecule has 20 heavy (non-hydrogen) atoms. The molecule has 0 bridgehead atoms. The van der Waals surface area contributed by atoms with Gasteiger partial charge in [-0.1, -0.05) is 17.4 Å². The van der Waals surface area contributed by atoms with E-state index >= 15 is 0 Å². The average molecular weight is 307 g/mol. The summed E-state index contributed by atoms with van der Waals surface area (Å²) in [6.45, 7) is 2.82. The predicted octanol–water partition coefficient (Wildman–Crippen LogP) is 2.88. The molecule has 5 nitrogen and oxygen atoms in total. The second-order valence-electron chi connectivity index (χ2n) is 4.89. The molecule has 0 aromatic carbocycles. The fraction of sp³-hybridized carbons (Fsp3) is 0.385. The van der Waals surface area contributed by atoms with Gasteiger partial charge in [-0.25, -0.2) is 9.50 Å². The Balaban J connectivity index is 1.72. The van der Waals surface area contributed by atoms with Crippen LogP contribution in [0.25, 0.3) is 4.96 Å². The van der Waals surface area contributed by atoms with Crippen molar-refractivity contribution < 1.29 is 0 Å². The van der Waals surface area contributed by atoms with Gasteiger partial charge in [-0.05, 0) is 32.5 Å². The molecule has 3 rings (SSSR count). The molecule has 1 atom stereocenters. The van der Waals surface area contributed by atoms with Crippen molar-refractivity contribution in [3.8, 4) is 0 Å². The molecule has 0 radical (unpaired) electrons. The number of aryl methyl sites for hydroxylation is 1. The summed E-state index contributed by atoms with van der Waals surface area (Å²) in [5.41, 5.74) is 1.00. The third kappa shape index (κ3) is 2.70. The molecule has 0 aliphatic heterocycles. The van der Waals surface area contributed by atoms with Crippen LogP contribution in [0.1, 0.15) is 16.6 Å². The minimum Gasteiger partial charge on any atom is -0.358 e. The number of hydrogen-bond donors (Lipinski definition) is 1. The number of nitrogens with zero attached hydrogens (tertiary/aromatic N) is 4. The van der Waals surface area contributed by atoms with Gasteiger partial charge in [0.1, 0.15) is 0 Å². The Labute approximate surface area is 125 Å². The van der Waals surface area contributed by atoms with Crippen LogP contribution >= 0.6 is 22.7 Å². The first kappa shape index (κ1) is 13.5. The Kier molecular flexibility index (Phi) is 3.73. The van der Waals surface area contributed by atoms with Crippen molar-refractivity contribution in [1.29, 1.82) is 0 Å². The molecule has 0 amide bonds. The maximum absolute atomic E-state index is 4.49. The number of aromatic nitrogens is 3. The number of anilines is 1. The third-order valence-electron chi connectivity index (χ3n) is 3.11. The van der Waals surface area contributed by atoms with E-state index in [0.29, 0.717) is 6.04 Å². The molecule has 1 N–H and O–H groups in total. The highest BCUT2D eigenvalue weighted by molar-refractivity contribution is 7.20. The Morgan fingerprint density at radius 2 is 2.30 bits per heavy atom. The Morgan fingerprint density at radius 3 is 2.95 bits per heavy atom. The van der Waals surface area contributed by atoms with E-state index < -0.39 is 0 Å². The van der Waals surface area contributed by atoms with Crippen LogP contribution in [0.2, 0.25) is 0 Å². The van der Waals surface area contributed by atoms with E-state index in [2.05, 4.69) is 51.9 Å². The zero-order chi connectivity index (χ0) is 14.1. The highest BCUT2D eigenvalue weighted by atomic mass is 32.1. The van der Waals surface area contributed by atoms with Gasteiger partial charge < -0.3 is 10.2 Å². The highest BCUT2D eigenvalue weighted by Crippen LogP contribution is 2.25. The number of hydrogen-bond acceptors (Lipinski definition) is 6. The van der Waals surface area contributed by atoms with Crippen LogP contribution in [0.4, 0.5) is 5.13 Å². The second kappa shape index (κ2) is 5.51. The lowest BCUT2D eigenvalue weighted by molar-refractivity contribution is 0.316. The number of rotatable bonds is 5. The van der Waals surface area contributed by atoms with Crippen LogP contribution in [0.15, 0.2) is 23.7 Å². The minimum absolute atomic E-state index is 0.355. The quantitative estimate of drug-likeness (QED) is 0.787. The van der Waals surface area contributed by atoms with Crippen LogP contribution in [0.3, 0.4) is 0 Å². The zero-order valence-corrected chi connectivity index (χ0v) is 13.3. The van der Waals surface area contributed by atoms with Crippen molar-refractivity contribution >= 4 is 32.8 Å². The maximum atomic E-state index is 4.49. The number of imidazole rings is 1. The molecule has 0 aliphatic rings. The molecular weight excluding hydrogens is 290 g/mol. The fourth-order valence-electron chi connectivity index (χ4n) is 2.08. The van der Waals surface area contributed by atoms with Gasteiger partial charge in [0.2, 0.25) is 10.1 Å². The summed E-state index contributed by atoms with van der Waals surface area (Å²) >= 11 is 3.37. The first-order valence-corrected chi connectivity index (χ1v) is 8.09. The summed E-state index contributed by atoms with van der Waals surface area (Å²) in [5, 5.41) is 10.9. The number of nitrogens with one attached hydrogen (secondary N) is 1. The molecule has 0 aliphatic carbocycles. The van der Waals surface area contributed by atoms with Crippen LogP contribution in [0, 0.1) is 6.92 Å². The van der Waals surface area contributed by atoms with E-state index in [9.17, 15) is 0 Å². The Bertz CT molecular complexity index is 651. The fourth-order valence-corrected chi connectivity index (χ4v) is 3.84. The first-order chi connectivity index (χ1) is 9.63. The SMILES string of the molecule is Cc1cn2nc(NCC(c3cccs3)N(C)C)sc2n1. The van der Waals surface area contributed by atoms with Crippen molar-refractivity contribution in [3.05, 3.63) is 34.3 Å². The normalized spacial score (nSPS) is 13.2. The highest BCUT2D eigenvalue weighted by Gasteiger charge is 2.16. The van der Waals surface area contributed by atoms with Crippen molar-refractivity contribution in [3.63, 3.8) is 0 Å². The maximum Gasteiger partial charge on any atom is 0.214 e. The van der Waals surface area contributed by atoms with Gasteiger partial charge in [-0.3, -0.25) is 0 Å². The topological polar surface area (TPSA) is 45.5 Å². The third-order valence-corrected chi connectivity index (χ3v) is 4.96. The summed E-state index contributed by atoms with van der Waals surface area (Å²) in [4.78, 5) is 8.93. The molecule has 0 spiro atoms. The van der Waals surface area contributed by atoms with Gasteiger partial charge in [-0.15, -0.1) is 16.4 Å². The average Bonchev–Trinajstić information content (AvgIpc) is 3.05. The van der Waals surface area contributed by atoms with Crippen molar-refractivity contribution in [2.24, 2.45) is 0 Å². The monoisotopic (exact) mass is 307 g/mol. The minimum atomic E-state index is 0.355. The lowest BCUT2D eigenvalue weighted by Crippen LogP contribution is -2.26. The smallest absolute Gasteiger partial charge is 0.214 e. The summed E-state index contributed by atoms with van der Waals surface area (Å²) in [7, 11) is 4.20. The summed E-state index contributed by atoms with van der Waals surface area (Å²) in [5.74, 6) is 0. The van der Waals surface area contributed by atoms with Crippen molar-refractivity contribution in [2.45, 2.75) is 13.0 Å². The lowest BCUT2D eigenvalue weighted by Gasteiger charge is -2.23. The van der Waals surface area contributed by atoms with E-state index in [4.69, 9.17) is 0 Å². The molecule has 3 aromatic rings. The molecule has 3 aromatic heterocycles. The second-order valence-corrected chi connectivity index (χ2v) is 6.83. The van der Waals surface area contributed by atoms with E-state index in [1.165, 1.54) is 4.88 Å². The first-order valence-electron chi connectivity index (χ1n) is 6.40. The largest absolute Gasteiger partial charge is 0.358 e. The molecular formula is C13H17N5S2. The molecule has 106 valence electrons. The molecule has 0 saturated heterocycles. The van der Waals surface area contributed by atoms with Crippen molar-refractivity contribution in [1.82, 2.24) is 19.5 Å². The number of thiophene rings is 1. The Hall–Kier alpha value is -1.44. The van der Waals surface area contributed by atoms with Gasteiger partial charge in [0, 0.05) is 11.4 Å². The molecule has 3 heterocycles. The van der Waals surface area contributed by atoms with E-state index in [0.717, 1.165) is 22.3 Å². The van der Waals surface area contributed by atoms with Gasteiger partial charge >= 0.3 is 0 Å². The molecule has 0 fully saturated rings. The Morgan fingerprint density at radius 1 is 1.45 bits per heavy atom. The van der Waals surface area contributed by atoms with Gasteiger partial charge in [-0.2, -0.15) is 0 Å². The van der Waals surface area contributed by atoms with Crippen LogP contribution in [0.5, 0.6) is 0 Å². The van der Waals surface area contributed by atoms with Gasteiger partial charge in [0.15, 0.2) is 0 Å². The van der Waals surface area contributed by atoms with Gasteiger partial charge in [0.05, 0.1) is 17.9 Å². The van der Waals surface area contributed by atoms with E-state index in [-0.39, 0.29) is 0 Å². The lowest BCUT2D eigenvalue weighted by atomic mass is 10.2. The zero-order valence-electron chi connectivity index (χ0n) is 11.7. The standard InChI is InChI=1S/C13H17N5S2/c1-9-8-18-13(15-9)20-12(16-18)14-7-10(17(2)3)11-5-4-6-19-11/h4-6,8,10H,7H2,1-3H3,(H,14,16). The van der Waals surface area contributed by atoms with Crippen molar-refractivity contribution in [2.75, 3.05) is 26.0 Å². The molecule has 1 unspecified atom stereocenters. The summed E-state index contributed by atoms with van der Waals surface area (Å²) in [6.07, 6.45) is 1.94. The number of likely N-dealkylation sites (N-methyl/N-ethyl adjacent to an activating group) is 1. The van der Waals surface area contributed by atoms with Crippen LogP contribution in [-0.2, 0) is 0 Å². The van der Waals surface area contributed by atoms with E-state index in [1.54, 1.807) is 22.7 Å². The van der Waals surface area contributed by atoms with E-state index in [1.807, 2.05) is 17.6 Å². The summed E-state index contributed by atoms with van der Waals surface area (Å²) in [6, 6.07) is 4.62. The molecule has 0 saturated carbocycles. The predicted molar refractivity (Wildman–Crippen MR) is 84.8 cm³/mol. The van der Waals surface area contributed by atoms with Crippen LogP contribution < -0.4 is 5.32 Å². The molecule has 7 heteroatoms. The number of fused-ring (bicyclic) bond motifs is 1. The van der Waals surface area contributed by atoms with Crippen LogP contribution in [-0.4, -0.2) is 40.1 Å².